The van der Waals surface area contributed by atoms with Crippen molar-refractivity contribution in [2.45, 2.75) is 79.4 Å². The Bertz CT molecular complexity index is 343. The van der Waals surface area contributed by atoms with Gasteiger partial charge < -0.3 is 14.6 Å². The minimum atomic E-state index is -0.298. The zero-order valence-corrected chi connectivity index (χ0v) is 16.1. The third kappa shape index (κ3) is 6.39. The lowest BCUT2D eigenvalue weighted by molar-refractivity contribution is -0.145. The van der Waals surface area contributed by atoms with Gasteiger partial charge >= 0.3 is 0 Å². The smallest absolute Gasteiger partial charge is 0.0680 e. The summed E-state index contributed by atoms with van der Waals surface area (Å²) >= 11 is 0. The van der Waals surface area contributed by atoms with Gasteiger partial charge in [0, 0.05) is 12.5 Å². The SMILES string of the molecule is C=C(C)COC(C)(C)C(CC)COC(C)(C)C(C)(C)CCO. The van der Waals surface area contributed by atoms with E-state index in [0.717, 1.165) is 18.4 Å². The average molecular weight is 315 g/mol. The van der Waals surface area contributed by atoms with Gasteiger partial charge in [0.05, 0.1) is 24.4 Å². The van der Waals surface area contributed by atoms with E-state index in [2.05, 4.69) is 55.0 Å². The first-order valence-corrected chi connectivity index (χ1v) is 8.42. The Morgan fingerprint density at radius 3 is 2.05 bits per heavy atom. The number of aliphatic hydroxyl groups excluding tert-OH is 1. The van der Waals surface area contributed by atoms with E-state index >= 15 is 0 Å². The van der Waals surface area contributed by atoms with Gasteiger partial charge in [-0.1, -0.05) is 32.9 Å². The molecule has 1 atom stereocenters. The fourth-order valence-corrected chi connectivity index (χ4v) is 2.32. The van der Waals surface area contributed by atoms with Crippen molar-refractivity contribution in [2.75, 3.05) is 19.8 Å². The van der Waals surface area contributed by atoms with Crippen LogP contribution in [0, 0.1) is 11.3 Å². The molecule has 0 aromatic carbocycles. The minimum absolute atomic E-state index is 0.0806. The Morgan fingerprint density at radius 2 is 1.64 bits per heavy atom. The average Bonchev–Trinajstić information content (AvgIpc) is 2.36. The monoisotopic (exact) mass is 314 g/mol. The second kappa shape index (κ2) is 8.47. The molecule has 0 aliphatic rings. The number of hydrogen-bond acceptors (Lipinski definition) is 3. The first kappa shape index (κ1) is 21.6. The standard InChI is InChI=1S/C19H38O3/c1-10-16(18(6,7)21-13-15(2)3)14-22-19(8,9)17(4,5)11-12-20/h16,20H,2,10-14H2,1,3-9H3. The Kier molecular flexibility index (Phi) is 8.32. The van der Waals surface area contributed by atoms with Crippen LogP contribution in [0.3, 0.4) is 0 Å². The zero-order chi connectivity index (χ0) is 17.6. The molecule has 0 aromatic heterocycles. The number of hydrogen-bond donors (Lipinski definition) is 1. The van der Waals surface area contributed by atoms with E-state index in [9.17, 15) is 5.11 Å². The predicted octanol–water partition coefficient (Wildman–Crippen LogP) is 4.59. The molecular weight excluding hydrogens is 276 g/mol. The van der Waals surface area contributed by atoms with E-state index < -0.39 is 0 Å². The van der Waals surface area contributed by atoms with Crippen LogP contribution in [0.1, 0.15) is 68.2 Å². The van der Waals surface area contributed by atoms with Crippen LogP contribution in [-0.4, -0.2) is 36.1 Å². The third-order valence-electron chi connectivity index (χ3n) is 5.18. The molecule has 3 heteroatoms. The van der Waals surface area contributed by atoms with Crippen molar-refractivity contribution in [3.8, 4) is 0 Å². The molecule has 1 unspecified atom stereocenters. The molecule has 0 fully saturated rings. The van der Waals surface area contributed by atoms with Crippen molar-refractivity contribution in [3.05, 3.63) is 12.2 Å². The highest BCUT2D eigenvalue weighted by Gasteiger charge is 2.39. The summed E-state index contributed by atoms with van der Waals surface area (Å²) in [5.74, 6) is 0.316. The molecule has 0 bridgehead atoms. The van der Waals surface area contributed by atoms with Crippen molar-refractivity contribution >= 4 is 0 Å². The van der Waals surface area contributed by atoms with Crippen LogP contribution in [0.4, 0.5) is 0 Å². The van der Waals surface area contributed by atoms with Crippen LogP contribution in [0.2, 0.25) is 0 Å². The van der Waals surface area contributed by atoms with E-state index in [0.29, 0.717) is 19.1 Å². The second-order valence-electron chi connectivity index (χ2n) is 8.13. The van der Waals surface area contributed by atoms with Gasteiger partial charge in [-0.15, -0.1) is 0 Å². The van der Waals surface area contributed by atoms with Gasteiger partial charge in [-0.3, -0.25) is 0 Å². The van der Waals surface area contributed by atoms with E-state index in [1.165, 1.54) is 0 Å². The van der Waals surface area contributed by atoms with Crippen LogP contribution >= 0.6 is 0 Å². The summed E-state index contributed by atoms with van der Waals surface area (Å²) in [7, 11) is 0. The summed E-state index contributed by atoms with van der Waals surface area (Å²) in [5.41, 5.74) is 0.412. The summed E-state index contributed by atoms with van der Waals surface area (Å²) in [6.07, 6.45) is 1.73. The highest BCUT2D eigenvalue weighted by molar-refractivity contribution is 4.91. The number of aliphatic hydroxyl groups is 1. The molecule has 0 aromatic rings. The molecule has 132 valence electrons. The summed E-state index contributed by atoms with van der Waals surface area (Å²) in [6, 6.07) is 0. The van der Waals surface area contributed by atoms with Gasteiger partial charge in [-0.2, -0.15) is 0 Å². The van der Waals surface area contributed by atoms with Crippen LogP contribution in [0.25, 0.3) is 0 Å². The molecule has 22 heavy (non-hydrogen) atoms. The maximum absolute atomic E-state index is 9.26. The van der Waals surface area contributed by atoms with Gasteiger partial charge in [0.1, 0.15) is 0 Å². The first-order valence-electron chi connectivity index (χ1n) is 8.42. The molecule has 0 heterocycles. The minimum Gasteiger partial charge on any atom is -0.396 e. The van der Waals surface area contributed by atoms with Gasteiger partial charge in [0.15, 0.2) is 0 Å². The van der Waals surface area contributed by atoms with Crippen molar-refractivity contribution in [3.63, 3.8) is 0 Å². The van der Waals surface area contributed by atoms with Crippen LogP contribution in [0.5, 0.6) is 0 Å². The second-order valence-corrected chi connectivity index (χ2v) is 8.13. The van der Waals surface area contributed by atoms with Crippen molar-refractivity contribution < 1.29 is 14.6 Å². The van der Waals surface area contributed by atoms with E-state index in [-0.39, 0.29) is 23.2 Å². The fourth-order valence-electron chi connectivity index (χ4n) is 2.32. The summed E-state index contributed by atoms with van der Waals surface area (Å²) < 4.78 is 12.3. The largest absolute Gasteiger partial charge is 0.396 e. The van der Waals surface area contributed by atoms with Crippen molar-refractivity contribution in [1.29, 1.82) is 0 Å². The zero-order valence-electron chi connectivity index (χ0n) is 16.1. The van der Waals surface area contributed by atoms with E-state index in [4.69, 9.17) is 9.47 Å². The number of ether oxygens (including phenoxy) is 2. The van der Waals surface area contributed by atoms with Crippen LogP contribution < -0.4 is 0 Å². The van der Waals surface area contributed by atoms with Gasteiger partial charge in [-0.25, -0.2) is 0 Å². The molecular formula is C19H38O3. The Hall–Kier alpha value is -0.380. The Labute approximate surface area is 138 Å². The maximum Gasteiger partial charge on any atom is 0.0680 e. The van der Waals surface area contributed by atoms with Crippen LogP contribution in [-0.2, 0) is 9.47 Å². The molecule has 0 amide bonds. The van der Waals surface area contributed by atoms with Gasteiger partial charge in [0.25, 0.3) is 0 Å². The Balaban J connectivity index is 4.78. The van der Waals surface area contributed by atoms with E-state index in [1.807, 2.05) is 6.92 Å². The summed E-state index contributed by atoms with van der Waals surface area (Å²) in [4.78, 5) is 0. The molecule has 0 aliphatic heterocycles. The first-order chi connectivity index (χ1) is 9.89. The molecule has 0 saturated carbocycles. The topological polar surface area (TPSA) is 38.7 Å². The molecule has 0 saturated heterocycles. The summed E-state index contributed by atoms with van der Waals surface area (Å²) in [6.45, 7) is 22.2. The molecule has 0 spiro atoms. The lowest BCUT2D eigenvalue weighted by atomic mass is 9.74. The van der Waals surface area contributed by atoms with Gasteiger partial charge in [-0.05, 0) is 52.9 Å². The molecule has 3 nitrogen and oxygen atoms in total. The van der Waals surface area contributed by atoms with Gasteiger partial charge in [0.2, 0.25) is 0 Å². The predicted molar refractivity (Wildman–Crippen MR) is 94.1 cm³/mol. The van der Waals surface area contributed by atoms with E-state index in [1.54, 1.807) is 0 Å². The molecule has 0 radical (unpaired) electrons. The lowest BCUT2D eigenvalue weighted by Crippen LogP contribution is -2.46. The quantitative estimate of drug-likeness (QED) is 0.567. The van der Waals surface area contributed by atoms with Crippen molar-refractivity contribution in [2.24, 2.45) is 11.3 Å². The lowest BCUT2D eigenvalue weighted by Gasteiger charge is -2.43. The summed E-state index contributed by atoms with van der Waals surface area (Å²) in [5, 5.41) is 9.26. The van der Waals surface area contributed by atoms with Crippen LogP contribution in [0.15, 0.2) is 12.2 Å². The molecule has 1 N–H and O–H groups in total. The molecule has 0 aliphatic carbocycles. The Morgan fingerprint density at radius 1 is 1.09 bits per heavy atom. The molecule has 0 rings (SSSR count). The highest BCUT2D eigenvalue weighted by atomic mass is 16.5. The fraction of sp³-hybridized carbons (Fsp3) is 0.895. The normalized spacial score (nSPS) is 15.0. The number of rotatable bonds is 11. The third-order valence-corrected chi connectivity index (χ3v) is 5.18. The van der Waals surface area contributed by atoms with Crippen molar-refractivity contribution in [1.82, 2.24) is 0 Å². The highest BCUT2D eigenvalue weighted by Crippen LogP contribution is 2.38. The maximum atomic E-state index is 9.26.